The summed E-state index contributed by atoms with van der Waals surface area (Å²) < 4.78 is 0. The molecule has 7 aromatic carbocycles. The van der Waals surface area contributed by atoms with Gasteiger partial charge in [-0.1, -0.05) is 137 Å². The zero-order valence-corrected chi connectivity index (χ0v) is 28.3. The molecule has 1 nitrogen and oxygen atoms in total. The highest BCUT2D eigenvalue weighted by Crippen LogP contribution is 2.53. The first-order valence-corrected chi connectivity index (χ1v) is 17.1. The van der Waals surface area contributed by atoms with Crippen LogP contribution >= 0.6 is 0 Å². The Kier molecular flexibility index (Phi) is 6.18. The van der Waals surface area contributed by atoms with Gasteiger partial charge in [0.15, 0.2) is 0 Å². The van der Waals surface area contributed by atoms with Crippen LogP contribution in [-0.2, 0) is 10.8 Å². The first-order valence-electron chi connectivity index (χ1n) is 17.1. The number of aryl methyl sites for hydroxylation is 1. The number of nitrogens with zero attached hydrogens (tertiary/aromatic N) is 1. The summed E-state index contributed by atoms with van der Waals surface area (Å²) in [4.78, 5) is 2.49. The molecular formula is C47H39N. The summed E-state index contributed by atoms with van der Waals surface area (Å²) in [7, 11) is 0. The van der Waals surface area contributed by atoms with E-state index in [1.54, 1.807) is 0 Å². The maximum atomic E-state index is 2.49. The molecule has 2 aliphatic rings. The molecule has 0 spiro atoms. The molecule has 0 atom stereocenters. The molecule has 0 fully saturated rings. The van der Waals surface area contributed by atoms with Crippen molar-refractivity contribution in [3.8, 4) is 33.4 Å². The lowest BCUT2D eigenvalue weighted by atomic mass is 9.82. The van der Waals surface area contributed by atoms with Crippen LogP contribution in [0.5, 0.6) is 0 Å². The maximum Gasteiger partial charge on any atom is 0.0491 e. The second-order valence-electron chi connectivity index (χ2n) is 14.7. The molecular weight excluding hydrogens is 579 g/mol. The predicted molar refractivity (Wildman–Crippen MR) is 204 cm³/mol. The summed E-state index contributed by atoms with van der Waals surface area (Å²) in [6.07, 6.45) is 0. The number of benzene rings is 7. The van der Waals surface area contributed by atoms with Gasteiger partial charge in [-0.2, -0.15) is 0 Å². The quantitative estimate of drug-likeness (QED) is 0.190. The smallest absolute Gasteiger partial charge is 0.0491 e. The van der Waals surface area contributed by atoms with Crippen LogP contribution in [0.4, 0.5) is 17.1 Å². The van der Waals surface area contributed by atoms with Gasteiger partial charge in [0.2, 0.25) is 0 Å². The van der Waals surface area contributed by atoms with E-state index in [2.05, 4.69) is 185 Å². The van der Waals surface area contributed by atoms with Crippen molar-refractivity contribution in [2.45, 2.75) is 45.4 Å². The van der Waals surface area contributed by atoms with Crippen LogP contribution in [0.1, 0.15) is 55.5 Å². The van der Waals surface area contributed by atoms with E-state index in [4.69, 9.17) is 0 Å². The van der Waals surface area contributed by atoms with Gasteiger partial charge in [-0.25, -0.2) is 0 Å². The Morgan fingerprint density at radius 3 is 1.52 bits per heavy atom. The molecule has 0 bridgehead atoms. The van der Waals surface area contributed by atoms with Crippen molar-refractivity contribution in [1.29, 1.82) is 0 Å². The molecule has 1 heteroatoms. The SMILES string of the molecule is Cc1cc(-c2cccc3ccccc23)ccc1N(c1ccc2c(c1)C(C)(C)c1ccccc1-2)c1ccc2c(c1)C(C)(C)c1ccccc1-2. The standard InChI is InChI=1S/C47H39N/c1-30-27-32(36-18-12-14-31-13-6-7-15-35(31)36)21-26-45(30)48(33-22-24-39-37-16-8-10-19-41(37)46(2,3)43(39)28-33)34-23-25-40-38-17-9-11-20-42(38)47(4,5)44(40)29-34/h6-29H,1-5H3. The van der Waals surface area contributed by atoms with E-state index in [1.165, 1.54) is 89.0 Å². The first kappa shape index (κ1) is 28.8. The topological polar surface area (TPSA) is 3.24 Å². The van der Waals surface area contributed by atoms with Crippen LogP contribution < -0.4 is 4.90 Å². The van der Waals surface area contributed by atoms with Crippen molar-refractivity contribution in [2.75, 3.05) is 4.90 Å². The summed E-state index contributed by atoms with van der Waals surface area (Å²) in [5, 5.41) is 2.55. The summed E-state index contributed by atoms with van der Waals surface area (Å²) in [5.74, 6) is 0. The van der Waals surface area contributed by atoms with Gasteiger partial charge in [0.25, 0.3) is 0 Å². The second kappa shape index (κ2) is 10.3. The zero-order chi connectivity index (χ0) is 32.8. The molecule has 0 aromatic heterocycles. The summed E-state index contributed by atoms with van der Waals surface area (Å²) in [5.41, 5.74) is 18.1. The van der Waals surface area contributed by atoms with Gasteiger partial charge in [-0.15, -0.1) is 0 Å². The van der Waals surface area contributed by atoms with Crippen molar-refractivity contribution in [3.05, 3.63) is 173 Å². The number of hydrogen-bond acceptors (Lipinski definition) is 1. The molecule has 0 heterocycles. The minimum atomic E-state index is -0.0809. The average molecular weight is 618 g/mol. The summed E-state index contributed by atoms with van der Waals surface area (Å²) in [6.45, 7) is 11.7. The van der Waals surface area contributed by atoms with Crippen molar-refractivity contribution in [3.63, 3.8) is 0 Å². The Morgan fingerprint density at radius 2 is 0.917 bits per heavy atom. The lowest BCUT2D eigenvalue weighted by Crippen LogP contribution is -2.18. The van der Waals surface area contributed by atoms with E-state index in [0.717, 1.165) is 0 Å². The number of rotatable bonds is 4. The minimum absolute atomic E-state index is 0.0809. The molecule has 9 rings (SSSR count). The highest BCUT2D eigenvalue weighted by molar-refractivity contribution is 5.97. The van der Waals surface area contributed by atoms with E-state index >= 15 is 0 Å². The van der Waals surface area contributed by atoms with E-state index in [-0.39, 0.29) is 10.8 Å². The van der Waals surface area contributed by atoms with Gasteiger partial charge in [-0.3, -0.25) is 0 Å². The average Bonchev–Trinajstić information content (AvgIpc) is 3.48. The maximum absolute atomic E-state index is 2.49. The fourth-order valence-corrected chi connectivity index (χ4v) is 8.64. The minimum Gasteiger partial charge on any atom is -0.310 e. The number of anilines is 3. The molecule has 0 aliphatic heterocycles. The molecule has 0 radical (unpaired) electrons. The third-order valence-corrected chi connectivity index (χ3v) is 11.2. The van der Waals surface area contributed by atoms with Crippen LogP contribution in [0.2, 0.25) is 0 Å². The number of hydrogen-bond donors (Lipinski definition) is 0. The summed E-state index contributed by atoms with van der Waals surface area (Å²) in [6, 6.07) is 54.3. The van der Waals surface area contributed by atoms with Crippen LogP contribution in [0.15, 0.2) is 146 Å². The Hall–Kier alpha value is -5.40. The number of fused-ring (bicyclic) bond motifs is 7. The normalized spacial score (nSPS) is 14.7. The zero-order valence-electron chi connectivity index (χ0n) is 28.3. The monoisotopic (exact) mass is 617 g/mol. The Labute approximate surface area is 284 Å². The first-order chi connectivity index (χ1) is 23.2. The van der Waals surface area contributed by atoms with E-state index in [1.807, 2.05) is 0 Å². The van der Waals surface area contributed by atoms with Crippen molar-refractivity contribution in [2.24, 2.45) is 0 Å². The summed E-state index contributed by atoms with van der Waals surface area (Å²) >= 11 is 0. The molecule has 0 amide bonds. The van der Waals surface area contributed by atoms with Crippen LogP contribution in [0.3, 0.4) is 0 Å². The molecule has 0 unspecified atom stereocenters. The van der Waals surface area contributed by atoms with Gasteiger partial charge in [0, 0.05) is 27.9 Å². The van der Waals surface area contributed by atoms with Crippen LogP contribution in [0, 0.1) is 6.92 Å². The van der Waals surface area contributed by atoms with Gasteiger partial charge < -0.3 is 4.90 Å². The van der Waals surface area contributed by atoms with Crippen LogP contribution in [0.25, 0.3) is 44.2 Å². The largest absolute Gasteiger partial charge is 0.310 e. The molecule has 232 valence electrons. The van der Waals surface area contributed by atoms with Crippen molar-refractivity contribution < 1.29 is 0 Å². The fourth-order valence-electron chi connectivity index (χ4n) is 8.64. The van der Waals surface area contributed by atoms with Crippen molar-refractivity contribution >= 4 is 27.8 Å². The van der Waals surface area contributed by atoms with E-state index < -0.39 is 0 Å². The fraction of sp³-hybridized carbons (Fsp3) is 0.149. The molecule has 2 aliphatic carbocycles. The Bertz CT molecular complexity index is 2310. The van der Waals surface area contributed by atoms with E-state index in [9.17, 15) is 0 Å². The Morgan fingerprint density at radius 1 is 0.417 bits per heavy atom. The van der Waals surface area contributed by atoms with Crippen LogP contribution in [-0.4, -0.2) is 0 Å². The van der Waals surface area contributed by atoms with Crippen molar-refractivity contribution in [1.82, 2.24) is 0 Å². The third-order valence-electron chi connectivity index (χ3n) is 11.2. The molecule has 0 saturated heterocycles. The van der Waals surface area contributed by atoms with Gasteiger partial charge in [0.05, 0.1) is 0 Å². The molecule has 48 heavy (non-hydrogen) atoms. The highest BCUT2D eigenvalue weighted by atomic mass is 15.1. The lowest BCUT2D eigenvalue weighted by Gasteiger charge is -2.31. The molecule has 7 aromatic rings. The third kappa shape index (κ3) is 4.10. The second-order valence-corrected chi connectivity index (χ2v) is 14.7. The van der Waals surface area contributed by atoms with Gasteiger partial charge in [-0.05, 0) is 115 Å². The van der Waals surface area contributed by atoms with Gasteiger partial charge >= 0.3 is 0 Å². The molecule has 0 saturated carbocycles. The van der Waals surface area contributed by atoms with Gasteiger partial charge in [0.1, 0.15) is 0 Å². The lowest BCUT2D eigenvalue weighted by molar-refractivity contribution is 0.660. The predicted octanol–water partition coefficient (Wildman–Crippen LogP) is 12.9. The Balaban J connectivity index is 1.23. The van der Waals surface area contributed by atoms with E-state index in [0.29, 0.717) is 0 Å². The highest BCUT2D eigenvalue weighted by Gasteiger charge is 2.37. The molecule has 0 N–H and O–H groups in total.